The molecule has 3 aromatic rings. The van der Waals surface area contributed by atoms with Gasteiger partial charge in [0.2, 0.25) is 5.91 Å². The van der Waals surface area contributed by atoms with Crippen LogP contribution in [0.3, 0.4) is 0 Å². The number of fused-ring (bicyclic) bond motifs is 7. The van der Waals surface area contributed by atoms with E-state index < -0.39 is 12.2 Å². The first-order valence-corrected chi connectivity index (χ1v) is 10.6. The largest absolute Gasteiger partial charge is 0.513 e. The summed E-state index contributed by atoms with van der Waals surface area (Å²) >= 11 is 0. The molecule has 5 rings (SSSR count). The number of nitrogens with zero attached hydrogens (tertiary/aromatic N) is 3. The van der Waals surface area contributed by atoms with E-state index in [1.54, 1.807) is 9.80 Å². The molecule has 0 spiro atoms. The van der Waals surface area contributed by atoms with Crippen LogP contribution in [0.15, 0.2) is 48.5 Å². The van der Waals surface area contributed by atoms with Gasteiger partial charge in [0, 0.05) is 11.9 Å². The van der Waals surface area contributed by atoms with Crippen LogP contribution < -0.4 is 9.64 Å². The summed E-state index contributed by atoms with van der Waals surface area (Å²) in [6.07, 6.45) is -0.144. The maximum absolute atomic E-state index is 13.8. The van der Waals surface area contributed by atoms with Gasteiger partial charge in [-0.15, -0.1) is 0 Å². The first kappa shape index (κ1) is 20.1. The fourth-order valence-corrected chi connectivity index (χ4v) is 4.73. The van der Waals surface area contributed by atoms with E-state index in [9.17, 15) is 14.4 Å². The number of rotatable bonds is 3. The van der Waals surface area contributed by atoms with E-state index in [4.69, 9.17) is 9.47 Å². The Bertz CT molecular complexity index is 1250. The molecule has 8 heteroatoms. The molecule has 2 aliphatic rings. The van der Waals surface area contributed by atoms with Crippen molar-refractivity contribution >= 4 is 34.6 Å². The van der Waals surface area contributed by atoms with Gasteiger partial charge in [-0.3, -0.25) is 14.5 Å². The lowest BCUT2D eigenvalue weighted by Crippen LogP contribution is -2.56. The van der Waals surface area contributed by atoms with Gasteiger partial charge in [-0.1, -0.05) is 37.3 Å². The number of amides is 2. The zero-order chi connectivity index (χ0) is 22.4. The first-order chi connectivity index (χ1) is 15.5. The van der Waals surface area contributed by atoms with Gasteiger partial charge in [-0.2, -0.15) is 0 Å². The molecular formula is C24H23N3O5. The topological polar surface area (TPSA) is 81.1 Å². The van der Waals surface area contributed by atoms with Crippen LogP contribution in [0.25, 0.3) is 10.9 Å². The van der Waals surface area contributed by atoms with Gasteiger partial charge in [0.15, 0.2) is 11.8 Å². The normalized spacial score (nSPS) is 17.5. The third-order valence-corrected chi connectivity index (χ3v) is 6.05. The second-order valence-corrected chi connectivity index (χ2v) is 7.93. The van der Waals surface area contributed by atoms with Crippen LogP contribution in [-0.4, -0.2) is 47.6 Å². The van der Waals surface area contributed by atoms with E-state index in [2.05, 4.69) is 0 Å². The Morgan fingerprint density at radius 1 is 1.06 bits per heavy atom. The van der Waals surface area contributed by atoms with Gasteiger partial charge in [-0.05, 0) is 30.2 Å². The number of carbonyl (C=O) groups is 3. The van der Waals surface area contributed by atoms with Crippen LogP contribution in [0, 0.1) is 0 Å². The lowest BCUT2D eigenvalue weighted by atomic mass is 10.0. The third kappa shape index (κ3) is 2.94. The molecule has 0 N–H and O–H groups in total. The molecule has 1 fully saturated rings. The Labute approximate surface area is 184 Å². The molecule has 1 unspecified atom stereocenters. The Balaban J connectivity index is 1.83. The molecular weight excluding hydrogens is 410 g/mol. The average molecular weight is 433 g/mol. The van der Waals surface area contributed by atoms with Crippen molar-refractivity contribution in [2.45, 2.75) is 25.9 Å². The molecule has 2 aliphatic heterocycles. The number of para-hydroxylation sites is 2. The van der Waals surface area contributed by atoms with Crippen molar-refractivity contribution in [2.24, 2.45) is 0 Å². The van der Waals surface area contributed by atoms with E-state index in [-0.39, 0.29) is 24.1 Å². The van der Waals surface area contributed by atoms with E-state index >= 15 is 0 Å². The molecule has 164 valence electrons. The van der Waals surface area contributed by atoms with Gasteiger partial charge in [0.1, 0.15) is 6.54 Å². The lowest BCUT2D eigenvalue weighted by molar-refractivity contribution is -0.142. The van der Waals surface area contributed by atoms with Crippen molar-refractivity contribution in [1.82, 2.24) is 9.47 Å². The highest BCUT2D eigenvalue weighted by Gasteiger charge is 2.46. The molecule has 1 aromatic heterocycles. The SMILES string of the molecule is CCCN1CC(=O)N2c3ccccc3Cn3c(c(OC(=O)OC)c4ccccc43)C2C1=O. The summed E-state index contributed by atoms with van der Waals surface area (Å²) in [6.45, 7) is 2.89. The Morgan fingerprint density at radius 3 is 2.59 bits per heavy atom. The molecule has 0 bridgehead atoms. The van der Waals surface area contributed by atoms with Crippen LogP contribution in [0.4, 0.5) is 10.5 Å². The number of hydrogen-bond donors (Lipinski definition) is 0. The fourth-order valence-electron chi connectivity index (χ4n) is 4.73. The fraction of sp³-hybridized carbons (Fsp3) is 0.292. The molecule has 1 saturated heterocycles. The van der Waals surface area contributed by atoms with Gasteiger partial charge in [0.25, 0.3) is 5.91 Å². The molecule has 32 heavy (non-hydrogen) atoms. The number of piperazine rings is 1. The van der Waals surface area contributed by atoms with Gasteiger partial charge < -0.3 is 18.9 Å². The van der Waals surface area contributed by atoms with Crippen molar-refractivity contribution in [2.75, 3.05) is 25.1 Å². The summed E-state index contributed by atoms with van der Waals surface area (Å²) in [5.74, 6) is -0.116. The highest BCUT2D eigenvalue weighted by molar-refractivity contribution is 6.09. The maximum atomic E-state index is 13.8. The smallest absolute Gasteiger partial charge is 0.437 e. The molecule has 1 atom stereocenters. The van der Waals surface area contributed by atoms with Crippen LogP contribution in [0.5, 0.6) is 5.75 Å². The zero-order valence-electron chi connectivity index (χ0n) is 17.9. The Kier molecular flexibility index (Phi) is 4.84. The Morgan fingerprint density at radius 2 is 1.81 bits per heavy atom. The maximum Gasteiger partial charge on any atom is 0.513 e. The predicted molar refractivity (Wildman–Crippen MR) is 118 cm³/mol. The number of carbonyl (C=O) groups excluding carboxylic acids is 3. The lowest BCUT2D eigenvalue weighted by Gasteiger charge is -2.39. The van der Waals surface area contributed by atoms with Crippen molar-refractivity contribution in [3.05, 3.63) is 59.8 Å². The number of aromatic nitrogens is 1. The molecule has 2 aromatic carbocycles. The van der Waals surface area contributed by atoms with Crippen LogP contribution in [0.2, 0.25) is 0 Å². The Hall–Kier alpha value is -3.81. The minimum absolute atomic E-state index is 0.0188. The number of benzene rings is 2. The summed E-state index contributed by atoms with van der Waals surface area (Å²) in [5, 5.41) is 0.681. The summed E-state index contributed by atoms with van der Waals surface area (Å²) < 4.78 is 12.3. The number of methoxy groups -OCH3 is 1. The number of hydrogen-bond acceptors (Lipinski definition) is 5. The van der Waals surface area contributed by atoms with Crippen molar-refractivity contribution in [3.8, 4) is 5.75 Å². The molecule has 3 heterocycles. The van der Waals surface area contributed by atoms with E-state index in [0.717, 1.165) is 17.5 Å². The van der Waals surface area contributed by atoms with Gasteiger partial charge >= 0.3 is 6.16 Å². The number of anilines is 1. The second kappa shape index (κ2) is 7.71. The quantitative estimate of drug-likeness (QED) is 0.591. The van der Waals surface area contributed by atoms with Gasteiger partial charge in [-0.25, -0.2) is 4.79 Å². The number of ether oxygens (including phenoxy) is 2. The predicted octanol–water partition coefficient (Wildman–Crippen LogP) is 3.47. The average Bonchev–Trinajstić information content (AvgIpc) is 2.99. The van der Waals surface area contributed by atoms with E-state index in [0.29, 0.717) is 29.9 Å². The summed E-state index contributed by atoms with van der Waals surface area (Å²) in [6, 6.07) is 14.1. The zero-order valence-corrected chi connectivity index (χ0v) is 17.9. The van der Waals surface area contributed by atoms with Crippen molar-refractivity contribution in [3.63, 3.8) is 0 Å². The molecule has 0 aliphatic carbocycles. The first-order valence-electron chi connectivity index (χ1n) is 10.6. The molecule has 8 nitrogen and oxygen atoms in total. The van der Waals surface area contributed by atoms with Crippen molar-refractivity contribution in [1.29, 1.82) is 0 Å². The standard InChI is InChI=1S/C24H23N3O5/c1-3-12-25-14-19(28)27-17-10-6-4-8-15(17)13-26-18-11-7-5-9-16(18)22(32-24(30)31-2)20(26)21(27)23(25)29/h4-11,21H,3,12-14H2,1-2H3. The molecule has 0 saturated carbocycles. The third-order valence-electron chi connectivity index (χ3n) is 6.05. The minimum atomic E-state index is -0.946. The van der Waals surface area contributed by atoms with Crippen LogP contribution in [-0.2, 0) is 20.9 Å². The van der Waals surface area contributed by atoms with Crippen LogP contribution >= 0.6 is 0 Å². The van der Waals surface area contributed by atoms with Crippen molar-refractivity contribution < 1.29 is 23.9 Å². The van der Waals surface area contributed by atoms with E-state index in [1.165, 1.54) is 7.11 Å². The summed E-state index contributed by atoms with van der Waals surface area (Å²) in [5.41, 5.74) is 2.90. The van der Waals surface area contributed by atoms with E-state index in [1.807, 2.05) is 60.0 Å². The summed E-state index contributed by atoms with van der Waals surface area (Å²) in [4.78, 5) is 42.4. The highest BCUT2D eigenvalue weighted by Crippen LogP contribution is 2.46. The monoisotopic (exact) mass is 433 g/mol. The second-order valence-electron chi connectivity index (χ2n) is 7.93. The molecule has 2 amide bonds. The van der Waals surface area contributed by atoms with Gasteiger partial charge in [0.05, 0.1) is 30.6 Å². The minimum Gasteiger partial charge on any atom is -0.437 e. The molecule has 0 radical (unpaired) electrons. The van der Waals surface area contributed by atoms with Crippen LogP contribution in [0.1, 0.15) is 30.6 Å². The summed E-state index contributed by atoms with van der Waals surface area (Å²) in [7, 11) is 1.24. The highest BCUT2D eigenvalue weighted by atomic mass is 16.7.